The van der Waals surface area contributed by atoms with Crippen LogP contribution in [0.3, 0.4) is 0 Å². The van der Waals surface area contributed by atoms with Crippen LogP contribution in [0, 0.1) is 23.7 Å². The number of cyclic esters (lactones) is 1. The quantitative estimate of drug-likeness (QED) is 0.0915. The van der Waals surface area contributed by atoms with Crippen LogP contribution in [-0.4, -0.2) is 156 Å². The Bertz CT molecular complexity index is 1820. The van der Waals surface area contributed by atoms with Gasteiger partial charge >= 0.3 is 5.97 Å². The van der Waals surface area contributed by atoms with Crippen LogP contribution in [0.2, 0.25) is 0 Å². The molecular formula is C48H77N5O12. The molecule has 1 aromatic carbocycles. The largest absolute Gasteiger partial charge is 0.462 e. The molecule has 2 aromatic rings. The Balaban J connectivity index is 1.70. The van der Waals surface area contributed by atoms with Crippen LogP contribution in [0.25, 0.3) is 11.3 Å². The van der Waals surface area contributed by atoms with Crippen molar-refractivity contribution in [3.8, 4) is 11.3 Å². The summed E-state index contributed by atoms with van der Waals surface area (Å²) < 4.78 is 44.6. The molecular weight excluding hydrogens is 839 g/mol. The summed E-state index contributed by atoms with van der Waals surface area (Å²) in [5.41, 5.74) is 8.92. The standard InChI is InChI=1S/C48H77N5O12/c1-12-39-35(27-62-48-46(60-11)45(59-10)42(57)32(7)63-48)23-28(3)17-19-38(55)30(5)24-34(21-22-53-26-37(50-51-53)33-15-14-16-36(49)25-33)44(29(4)18-20-40(56)64-39)65-47(61-13-2)43(58)41(31(6)54)52(8)9/h14-17,19,23,25-26,29-32,34-35,39,41-48,54,57-58H,12-13,18,20-22,24,27,49H2,1-11H3/b19-17+,28-23+/t29-,30+,31+,32?,34-,35+,39+,41?,42?,43?,44+,45?,46?,47-,48?/m0/s1. The van der Waals surface area contributed by atoms with Crippen molar-refractivity contribution in [2.24, 2.45) is 23.7 Å². The Labute approximate surface area is 385 Å². The van der Waals surface area contributed by atoms with Gasteiger partial charge in [-0.3, -0.25) is 14.3 Å². The van der Waals surface area contributed by atoms with Gasteiger partial charge in [0.15, 0.2) is 18.4 Å². The maximum Gasteiger partial charge on any atom is 0.306 e. The van der Waals surface area contributed by atoms with Gasteiger partial charge in [-0.25, -0.2) is 0 Å². The fraction of sp³-hybridized carbons (Fsp3) is 0.708. The highest BCUT2D eigenvalue weighted by molar-refractivity contribution is 5.91. The van der Waals surface area contributed by atoms with E-state index in [1.165, 1.54) is 14.2 Å². The zero-order chi connectivity index (χ0) is 48.0. The molecule has 1 aromatic heterocycles. The number of hydrogen-bond donors (Lipinski definition) is 4. The third-order valence-corrected chi connectivity index (χ3v) is 12.7. The number of hydrogen-bond acceptors (Lipinski definition) is 16. The molecule has 0 aliphatic carbocycles. The summed E-state index contributed by atoms with van der Waals surface area (Å²) in [4.78, 5) is 29.7. The lowest BCUT2D eigenvalue weighted by molar-refractivity contribution is -0.304. The van der Waals surface area contributed by atoms with Gasteiger partial charge in [0.05, 0.1) is 37.2 Å². The van der Waals surface area contributed by atoms with Gasteiger partial charge < -0.3 is 59.1 Å². The Morgan fingerprint density at radius 3 is 2.40 bits per heavy atom. The second-order valence-electron chi connectivity index (χ2n) is 18.0. The molecule has 1 saturated heterocycles. The normalized spacial score (nSPS) is 32.0. The number of benzene rings is 1. The van der Waals surface area contributed by atoms with E-state index in [0.717, 1.165) is 11.1 Å². The van der Waals surface area contributed by atoms with E-state index in [9.17, 15) is 24.9 Å². The first-order valence-electron chi connectivity index (χ1n) is 23.1. The van der Waals surface area contributed by atoms with E-state index in [4.69, 9.17) is 38.9 Å². The minimum Gasteiger partial charge on any atom is -0.462 e. The summed E-state index contributed by atoms with van der Waals surface area (Å²) in [6.07, 6.45) is 0.512. The van der Waals surface area contributed by atoms with E-state index in [-0.39, 0.29) is 37.3 Å². The van der Waals surface area contributed by atoms with Crippen molar-refractivity contribution in [3.63, 3.8) is 0 Å². The molecule has 0 radical (unpaired) electrons. The number of nitrogens with zero attached hydrogens (tertiary/aromatic N) is 4. The van der Waals surface area contributed by atoms with Crippen molar-refractivity contribution < 1.29 is 58.1 Å². The van der Waals surface area contributed by atoms with E-state index >= 15 is 0 Å². The number of nitrogens with two attached hydrogens (primary N) is 1. The van der Waals surface area contributed by atoms with Crippen molar-refractivity contribution in [1.29, 1.82) is 0 Å². The summed E-state index contributed by atoms with van der Waals surface area (Å²) in [7, 11) is 6.53. The second kappa shape index (κ2) is 26.1. The van der Waals surface area contributed by atoms with Gasteiger partial charge in [-0.05, 0) is 97.5 Å². The predicted molar refractivity (Wildman–Crippen MR) is 245 cm³/mol. The fourth-order valence-corrected chi connectivity index (χ4v) is 9.04. The van der Waals surface area contributed by atoms with Crippen molar-refractivity contribution in [3.05, 3.63) is 54.3 Å². The van der Waals surface area contributed by atoms with Crippen molar-refractivity contribution in [1.82, 2.24) is 19.9 Å². The molecule has 65 heavy (non-hydrogen) atoms. The Morgan fingerprint density at radius 2 is 1.77 bits per heavy atom. The maximum absolute atomic E-state index is 14.0. The van der Waals surface area contributed by atoms with Crippen LogP contribution < -0.4 is 5.73 Å². The minimum absolute atomic E-state index is 0.0554. The topological polar surface area (TPSA) is 219 Å². The van der Waals surface area contributed by atoms with Crippen LogP contribution in [0.4, 0.5) is 5.69 Å². The number of allylic oxidation sites excluding steroid dienone is 3. The first kappa shape index (κ1) is 54.0. The minimum atomic E-state index is -1.26. The van der Waals surface area contributed by atoms with Crippen LogP contribution >= 0.6 is 0 Å². The van der Waals surface area contributed by atoms with Gasteiger partial charge in [-0.2, -0.15) is 0 Å². The lowest BCUT2D eigenvalue weighted by Crippen LogP contribution is -2.59. The number of anilines is 1. The van der Waals surface area contributed by atoms with Gasteiger partial charge in [-0.15, -0.1) is 5.10 Å². The van der Waals surface area contributed by atoms with E-state index in [1.807, 2.05) is 58.2 Å². The molecule has 0 saturated carbocycles. The molecule has 0 spiro atoms. The molecule has 1 fully saturated rings. The third-order valence-electron chi connectivity index (χ3n) is 12.7. The van der Waals surface area contributed by atoms with Crippen molar-refractivity contribution >= 4 is 17.4 Å². The van der Waals surface area contributed by atoms with Gasteiger partial charge in [0.2, 0.25) is 0 Å². The molecule has 0 bridgehead atoms. The number of aromatic nitrogens is 3. The van der Waals surface area contributed by atoms with Crippen LogP contribution in [0.1, 0.15) is 80.6 Å². The number of ether oxygens (including phenoxy) is 7. The number of methoxy groups -OCH3 is 2. The van der Waals surface area contributed by atoms with E-state index < -0.39 is 85.3 Å². The first-order chi connectivity index (χ1) is 30.9. The Kier molecular flexibility index (Phi) is 21.6. The monoisotopic (exact) mass is 916 g/mol. The molecule has 7 unspecified atom stereocenters. The van der Waals surface area contributed by atoms with Crippen molar-refractivity contribution in [2.45, 2.75) is 155 Å². The van der Waals surface area contributed by atoms with Crippen molar-refractivity contribution in [2.75, 3.05) is 47.3 Å². The third kappa shape index (κ3) is 15.2. The number of ketones is 1. The summed E-state index contributed by atoms with van der Waals surface area (Å²) in [5, 5.41) is 42.1. The number of likely N-dealkylation sites (N-methyl/N-ethyl adjacent to an activating group) is 1. The van der Waals surface area contributed by atoms with Crippen LogP contribution in [0.5, 0.6) is 0 Å². The van der Waals surface area contributed by atoms with Gasteiger partial charge in [-0.1, -0.05) is 55.8 Å². The SMILES string of the molecule is CCO[C@@H](O[C@H]1[C@@H](CCn2cc(-c3cccc(N)c3)nn2)C[C@@H](C)C(=O)/C=C/C(C)=C/[C@H](COC2OC(C)C(O)C(OC)C2OC)[C@@H](CC)OC(=O)CC[C@@H]1C)C(O)C([C@@H](C)O)N(C)C. The highest BCUT2D eigenvalue weighted by Gasteiger charge is 2.45. The molecule has 17 heteroatoms. The molecule has 0 amide bonds. The fourth-order valence-electron chi connectivity index (χ4n) is 9.04. The Morgan fingerprint density at radius 1 is 1.05 bits per heavy atom. The zero-order valence-electron chi connectivity index (χ0n) is 40.3. The zero-order valence-corrected chi connectivity index (χ0v) is 40.3. The highest BCUT2D eigenvalue weighted by Crippen LogP contribution is 2.34. The predicted octanol–water partition coefficient (Wildman–Crippen LogP) is 4.57. The van der Waals surface area contributed by atoms with Gasteiger partial charge in [0.1, 0.15) is 36.2 Å². The number of aliphatic hydroxyl groups is 3. The lowest BCUT2D eigenvalue weighted by Gasteiger charge is -2.42. The summed E-state index contributed by atoms with van der Waals surface area (Å²) in [6, 6.07) is 6.69. The molecule has 2 aliphatic rings. The summed E-state index contributed by atoms with van der Waals surface area (Å²) in [5.74, 6) is -2.00. The van der Waals surface area contributed by atoms with E-state index in [2.05, 4.69) is 10.3 Å². The molecule has 15 atom stereocenters. The maximum atomic E-state index is 14.0. The molecule has 2 aliphatic heterocycles. The molecule has 366 valence electrons. The van der Waals surface area contributed by atoms with Crippen LogP contribution in [0.15, 0.2) is 54.3 Å². The molecule has 3 heterocycles. The summed E-state index contributed by atoms with van der Waals surface area (Å²) in [6.45, 7) is 13.6. The number of nitrogen functional groups attached to an aromatic ring is 1. The van der Waals surface area contributed by atoms with E-state index in [0.29, 0.717) is 43.6 Å². The molecule has 5 N–H and O–H groups in total. The lowest BCUT2D eigenvalue weighted by atomic mass is 9.80. The number of esters is 1. The van der Waals surface area contributed by atoms with Gasteiger partial charge in [0.25, 0.3) is 0 Å². The Hall–Kier alpha value is -3.62. The average Bonchev–Trinajstić information content (AvgIpc) is 3.75. The summed E-state index contributed by atoms with van der Waals surface area (Å²) >= 11 is 0. The van der Waals surface area contributed by atoms with E-state index in [1.54, 1.807) is 62.7 Å². The number of carbonyl (C=O) groups excluding carboxylic acids is 2. The molecule has 4 rings (SSSR count). The number of aryl methyl sites for hydroxylation is 1. The highest BCUT2D eigenvalue weighted by atomic mass is 16.7. The smallest absolute Gasteiger partial charge is 0.306 e. The first-order valence-corrected chi connectivity index (χ1v) is 23.1. The molecule has 17 nitrogen and oxygen atoms in total. The number of rotatable bonds is 18. The average molecular weight is 916 g/mol. The second-order valence-corrected chi connectivity index (χ2v) is 18.0. The van der Waals surface area contributed by atoms with Crippen LogP contribution in [-0.2, 0) is 49.3 Å². The van der Waals surface area contributed by atoms with Gasteiger partial charge in [0, 0.05) is 56.9 Å². The number of aliphatic hydroxyl groups excluding tert-OH is 3. The number of carbonyl (C=O) groups is 2.